The van der Waals surface area contributed by atoms with E-state index in [1.807, 2.05) is 27.7 Å². The quantitative estimate of drug-likeness (QED) is 0.422. The molecule has 0 aliphatic carbocycles. The van der Waals surface area contributed by atoms with Gasteiger partial charge in [-0.05, 0) is 19.0 Å². The summed E-state index contributed by atoms with van der Waals surface area (Å²) in [4.78, 5) is 4.27. The molecule has 5 nitrogen and oxygen atoms in total. The second-order valence-corrected chi connectivity index (χ2v) is 5.11. The molecule has 138 valence electrons. The van der Waals surface area contributed by atoms with Crippen molar-refractivity contribution in [1.29, 1.82) is 0 Å². The molecule has 0 rings (SSSR count). The molecule has 0 amide bonds. The maximum absolute atomic E-state index is 9.30. The van der Waals surface area contributed by atoms with Crippen LogP contribution in [-0.2, 0) is 21.7 Å². The van der Waals surface area contributed by atoms with Gasteiger partial charge in [-0.15, -0.1) is 19.8 Å². The van der Waals surface area contributed by atoms with E-state index in [1.54, 1.807) is 0 Å². The molecule has 0 aromatic rings. The number of hydrogen-bond donors (Lipinski definition) is 0. The van der Waals surface area contributed by atoms with Crippen LogP contribution in [0.5, 0.6) is 0 Å². The van der Waals surface area contributed by atoms with Gasteiger partial charge in [0.25, 0.3) is 0 Å². The molecule has 0 bridgehead atoms. The van der Waals surface area contributed by atoms with Gasteiger partial charge in [0.05, 0.1) is 0 Å². The molecule has 6 heteroatoms. The molecular weight excluding hydrogens is 328 g/mol. The second-order valence-electron chi connectivity index (χ2n) is 5.11. The topological polar surface area (TPSA) is 95.6 Å². The van der Waals surface area contributed by atoms with Gasteiger partial charge >= 0.3 is 21.7 Å². The molecule has 0 aliphatic heterocycles. The average Bonchev–Trinajstić information content (AvgIpc) is 2.46. The van der Waals surface area contributed by atoms with Crippen LogP contribution in [0.1, 0.15) is 74.7 Å². The average molecular weight is 366 g/mol. The standard InChI is InChI=1S/C8H17N2.3C3H7O.Ti/c1-6(2)9-8(5)10-7(3)4;3*1-2-3-4;/h6-7H,1-5H3;3*2-3H2,1H3;/q4*-1;+4. The predicted octanol–water partition coefficient (Wildman–Crippen LogP) is 1.86. The minimum atomic E-state index is 0. The zero-order valence-corrected chi connectivity index (χ0v) is 18.1. The largest absolute Gasteiger partial charge is 4.00 e. The number of nitrogens with zero attached hydrogens (tertiary/aromatic N) is 2. The van der Waals surface area contributed by atoms with Crippen LogP contribution >= 0.6 is 0 Å². The molecule has 0 saturated heterocycles. The first-order chi connectivity index (χ1) is 10.3. The summed E-state index contributed by atoms with van der Waals surface area (Å²) in [6.45, 7) is 16.0. The first kappa shape index (κ1) is 34.4. The van der Waals surface area contributed by atoms with Crippen LogP contribution < -0.4 is 15.3 Å². The van der Waals surface area contributed by atoms with Gasteiger partial charge in [-0.3, -0.25) is 0 Å². The molecule has 0 saturated carbocycles. The van der Waals surface area contributed by atoms with Crippen molar-refractivity contribution in [2.75, 3.05) is 19.8 Å². The van der Waals surface area contributed by atoms with Crippen molar-refractivity contribution in [1.82, 2.24) is 0 Å². The third-order valence-corrected chi connectivity index (χ3v) is 1.50. The van der Waals surface area contributed by atoms with Crippen molar-refractivity contribution < 1.29 is 37.0 Å². The third kappa shape index (κ3) is 72.6. The van der Waals surface area contributed by atoms with Crippen LogP contribution in [0, 0.1) is 0 Å². The fourth-order valence-electron chi connectivity index (χ4n) is 0.781. The van der Waals surface area contributed by atoms with Crippen LogP contribution in [0.4, 0.5) is 0 Å². The van der Waals surface area contributed by atoms with E-state index < -0.39 is 0 Å². The third-order valence-electron chi connectivity index (χ3n) is 1.50. The predicted molar refractivity (Wildman–Crippen MR) is 92.2 cm³/mol. The van der Waals surface area contributed by atoms with E-state index in [4.69, 9.17) is 0 Å². The molecule has 0 radical (unpaired) electrons. The molecular formula is C17H38N2O3Ti. The number of aliphatic imine (C=N–C) groups is 1. The van der Waals surface area contributed by atoms with E-state index in [2.05, 4.69) is 38.0 Å². The smallest absolute Gasteiger partial charge is 0.854 e. The number of amidine groups is 1. The zero-order valence-electron chi connectivity index (χ0n) is 16.5. The van der Waals surface area contributed by atoms with E-state index in [0.717, 1.165) is 25.1 Å². The van der Waals surface area contributed by atoms with Gasteiger partial charge in [0.15, 0.2) is 0 Å². The van der Waals surface area contributed by atoms with Gasteiger partial charge in [0.1, 0.15) is 0 Å². The number of hydrogen-bond acceptors (Lipinski definition) is 4. The summed E-state index contributed by atoms with van der Waals surface area (Å²) in [7, 11) is 0. The Kier molecular flexibility index (Phi) is 50.3. The van der Waals surface area contributed by atoms with Crippen LogP contribution in [0.3, 0.4) is 0 Å². The van der Waals surface area contributed by atoms with Crippen molar-refractivity contribution in [2.24, 2.45) is 4.99 Å². The Morgan fingerprint density at radius 3 is 1.22 bits per heavy atom. The molecule has 0 spiro atoms. The molecule has 0 aromatic heterocycles. The van der Waals surface area contributed by atoms with E-state index in [-0.39, 0.29) is 41.5 Å². The Balaban J connectivity index is -0.0000000700. The van der Waals surface area contributed by atoms with Gasteiger partial charge in [0.2, 0.25) is 0 Å². The van der Waals surface area contributed by atoms with Crippen molar-refractivity contribution in [3.8, 4) is 0 Å². The van der Waals surface area contributed by atoms with Crippen LogP contribution in [0.25, 0.3) is 5.32 Å². The molecule has 23 heavy (non-hydrogen) atoms. The van der Waals surface area contributed by atoms with Gasteiger partial charge in [-0.1, -0.05) is 73.6 Å². The van der Waals surface area contributed by atoms with Crippen molar-refractivity contribution in [2.45, 2.75) is 86.7 Å². The zero-order chi connectivity index (χ0) is 18.4. The van der Waals surface area contributed by atoms with Gasteiger partial charge in [-0.25, -0.2) is 0 Å². The molecule has 0 fully saturated rings. The van der Waals surface area contributed by atoms with Crippen molar-refractivity contribution in [3.05, 3.63) is 5.32 Å². The Bertz CT molecular complexity index is 187. The molecule has 0 atom stereocenters. The molecule has 0 N–H and O–H groups in total. The summed E-state index contributed by atoms with van der Waals surface area (Å²) in [6.07, 6.45) is 2.29. The van der Waals surface area contributed by atoms with E-state index in [9.17, 15) is 15.3 Å². The fraction of sp³-hybridized carbons (Fsp3) is 0.941. The van der Waals surface area contributed by atoms with Gasteiger partial charge in [-0.2, -0.15) is 0 Å². The first-order valence-corrected chi connectivity index (χ1v) is 8.26. The molecule has 0 aliphatic rings. The van der Waals surface area contributed by atoms with Gasteiger partial charge < -0.3 is 25.6 Å². The van der Waals surface area contributed by atoms with Crippen LogP contribution in [0.15, 0.2) is 4.99 Å². The minimum Gasteiger partial charge on any atom is -0.854 e. The summed E-state index contributed by atoms with van der Waals surface area (Å²) in [5, 5.41) is 32.2. The summed E-state index contributed by atoms with van der Waals surface area (Å²) in [6, 6.07) is 0.727. The fourth-order valence-corrected chi connectivity index (χ4v) is 0.781. The maximum atomic E-state index is 9.30. The Hall–Kier alpha value is 0.0643. The second kappa shape index (κ2) is 33.6. The normalized spacial score (nSPS) is 9.52. The van der Waals surface area contributed by atoms with Gasteiger partial charge in [0, 0.05) is 0 Å². The summed E-state index contributed by atoms with van der Waals surface area (Å²) in [5.74, 6) is 0.907. The molecule has 0 unspecified atom stereocenters. The van der Waals surface area contributed by atoms with E-state index >= 15 is 0 Å². The summed E-state index contributed by atoms with van der Waals surface area (Å²) < 4.78 is 0. The Labute approximate surface area is 159 Å². The van der Waals surface area contributed by atoms with Crippen molar-refractivity contribution in [3.63, 3.8) is 0 Å². The molecule has 0 aromatic carbocycles. The van der Waals surface area contributed by atoms with E-state index in [1.165, 1.54) is 0 Å². The minimum absolute atomic E-state index is 0. The summed E-state index contributed by atoms with van der Waals surface area (Å²) >= 11 is 0. The van der Waals surface area contributed by atoms with Crippen LogP contribution in [-0.4, -0.2) is 37.7 Å². The number of rotatable bonds is 5. The Morgan fingerprint density at radius 1 is 0.826 bits per heavy atom. The SMILES string of the molecule is CC(=NC(C)C)[N-]C(C)C.CCC[O-].CCC[O-].CCC[O-].[Ti+4]. The van der Waals surface area contributed by atoms with Crippen LogP contribution in [0.2, 0.25) is 0 Å². The Morgan fingerprint density at radius 2 is 1.09 bits per heavy atom. The summed E-state index contributed by atoms with van der Waals surface area (Å²) in [5.41, 5.74) is 0. The first-order valence-electron chi connectivity index (χ1n) is 8.26. The van der Waals surface area contributed by atoms with Crippen molar-refractivity contribution >= 4 is 5.84 Å². The maximum Gasteiger partial charge on any atom is 4.00 e. The molecule has 0 heterocycles. The van der Waals surface area contributed by atoms with E-state index in [0.29, 0.717) is 12.1 Å². The monoisotopic (exact) mass is 366 g/mol.